The lowest BCUT2D eigenvalue weighted by atomic mass is 9.91. The third-order valence-electron chi connectivity index (χ3n) is 6.53. The number of carboxylic acids is 1. The number of carboxylic acid groups (broad SMARTS) is 1. The highest BCUT2D eigenvalue weighted by atomic mass is 16.4. The number of H-pyrrole nitrogens is 1. The van der Waals surface area contributed by atoms with Gasteiger partial charge in [-0.05, 0) is 67.1 Å². The maximum Gasteiger partial charge on any atom is 0.303 e. The molecule has 2 unspecified atom stereocenters. The Hall–Kier alpha value is -2.30. The van der Waals surface area contributed by atoms with Gasteiger partial charge in [-0.15, -0.1) is 0 Å². The number of rotatable bonds is 6. The van der Waals surface area contributed by atoms with Crippen LogP contribution in [0, 0.1) is 12.5 Å². The summed E-state index contributed by atoms with van der Waals surface area (Å²) >= 11 is 0. The van der Waals surface area contributed by atoms with Gasteiger partial charge in [-0.25, -0.2) is 0 Å². The molecule has 4 rings (SSSR count). The lowest BCUT2D eigenvalue weighted by Gasteiger charge is -2.28. The molecule has 2 atom stereocenters. The SMILES string of the molecule is C.C.CC(CC(=O)N1[CH]CCCC(CC(=O)O)CC1)c1c[nH]c2cccc(C3CC3)c12. The van der Waals surface area contributed by atoms with E-state index in [-0.39, 0.29) is 39.0 Å². The van der Waals surface area contributed by atoms with E-state index in [4.69, 9.17) is 5.11 Å². The summed E-state index contributed by atoms with van der Waals surface area (Å²) in [6.45, 7) is 4.79. The summed E-state index contributed by atoms with van der Waals surface area (Å²) in [6, 6.07) is 6.48. The number of carbonyl (C=O) groups excluding carboxylic acids is 1. The highest BCUT2D eigenvalue weighted by molar-refractivity contribution is 5.89. The van der Waals surface area contributed by atoms with Gasteiger partial charge in [-0.2, -0.15) is 0 Å². The summed E-state index contributed by atoms with van der Waals surface area (Å²) in [6.07, 6.45) is 8.77. The molecule has 2 fully saturated rings. The number of benzene rings is 1. The van der Waals surface area contributed by atoms with Crippen molar-refractivity contribution in [3.63, 3.8) is 0 Å². The highest BCUT2D eigenvalue weighted by Gasteiger charge is 2.28. The van der Waals surface area contributed by atoms with Crippen molar-refractivity contribution in [3.05, 3.63) is 42.1 Å². The third kappa shape index (κ3) is 5.90. The molecule has 2 heterocycles. The second-order valence-corrected chi connectivity index (χ2v) is 8.85. The van der Waals surface area contributed by atoms with E-state index in [0.717, 1.165) is 31.2 Å². The fraction of sp³-hybridized carbons (Fsp3) is 0.577. The number of nitrogens with zero attached hydrogens (tertiary/aromatic N) is 1. The molecule has 31 heavy (non-hydrogen) atoms. The van der Waals surface area contributed by atoms with Crippen LogP contribution in [-0.4, -0.2) is 33.4 Å². The van der Waals surface area contributed by atoms with Crippen LogP contribution < -0.4 is 0 Å². The van der Waals surface area contributed by atoms with Gasteiger partial charge in [0.2, 0.25) is 5.91 Å². The molecule has 1 aromatic carbocycles. The molecular weight excluding hydrogens is 388 g/mol. The Morgan fingerprint density at radius 3 is 2.68 bits per heavy atom. The van der Waals surface area contributed by atoms with E-state index >= 15 is 0 Å². The molecule has 2 N–H and O–H groups in total. The maximum atomic E-state index is 13.0. The Morgan fingerprint density at radius 1 is 1.19 bits per heavy atom. The van der Waals surface area contributed by atoms with Crippen LogP contribution in [0.15, 0.2) is 24.4 Å². The van der Waals surface area contributed by atoms with Gasteiger partial charge in [0.1, 0.15) is 0 Å². The largest absolute Gasteiger partial charge is 0.481 e. The summed E-state index contributed by atoms with van der Waals surface area (Å²) in [5.41, 5.74) is 3.83. The zero-order chi connectivity index (χ0) is 20.4. The second-order valence-electron chi connectivity index (χ2n) is 8.85. The van der Waals surface area contributed by atoms with Crippen LogP contribution in [0.2, 0.25) is 0 Å². The van der Waals surface area contributed by atoms with Crippen molar-refractivity contribution in [2.45, 2.75) is 85.0 Å². The fourth-order valence-electron chi connectivity index (χ4n) is 4.74. The maximum absolute atomic E-state index is 13.0. The Bertz CT molecular complexity index is 884. The third-order valence-corrected chi connectivity index (χ3v) is 6.53. The van der Waals surface area contributed by atoms with Gasteiger partial charge < -0.3 is 15.0 Å². The molecule has 5 nitrogen and oxygen atoms in total. The van der Waals surface area contributed by atoms with E-state index in [1.165, 1.54) is 29.4 Å². The van der Waals surface area contributed by atoms with Crippen LogP contribution in [0.5, 0.6) is 0 Å². The Labute approximate surface area is 187 Å². The number of fused-ring (bicyclic) bond motifs is 1. The lowest BCUT2D eigenvalue weighted by Crippen LogP contribution is -2.33. The summed E-state index contributed by atoms with van der Waals surface area (Å²) in [4.78, 5) is 29.3. The first-order chi connectivity index (χ1) is 14.0. The molecule has 2 aromatic rings. The van der Waals surface area contributed by atoms with Gasteiger partial charge >= 0.3 is 5.97 Å². The van der Waals surface area contributed by atoms with Crippen LogP contribution in [0.25, 0.3) is 10.9 Å². The Morgan fingerprint density at radius 2 is 1.97 bits per heavy atom. The average Bonchev–Trinajstić information content (AvgIpc) is 3.41. The first-order valence-electron chi connectivity index (χ1n) is 11.0. The van der Waals surface area contributed by atoms with Crippen LogP contribution in [0.4, 0.5) is 0 Å². The van der Waals surface area contributed by atoms with Crippen molar-refractivity contribution in [2.75, 3.05) is 6.54 Å². The minimum absolute atomic E-state index is 0. The van der Waals surface area contributed by atoms with Crippen molar-refractivity contribution < 1.29 is 14.7 Å². The molecule has 1 radical (unpaired) electrons. The molecule has 2 aliphatic rings. The van der Waals surface area contributed by atoms with E-state index in [0.29, 0.717) is 18.9 Å². The highest BCUT2D eigenvalue weighted by Crippen LogP contribution is 2.45. The molecule has 1 saturated heterocycles. The quantitative estimate of drug-likeness (QED) is 0.555. The summed E-state index contributed by atoms with van der Waals surface area (Å²) in [7, 11) is 0. The normalized spacial score (nSPS) is 20.2. The number of likely N-dealkylation sites (tertiary alicyclic amines) is 1. The molecule has 1 aliphatic heterocycles. The van der Waals surface area contributed by atoms with E-state index in [9.17, 15) is 9.59 Å². The molecule has 0 spiro atoms. The van der Waals surface area contributed by atoms with E-state index < -0.39 is 5.97 Å². The molecule has 171 valence electrons. The van der Waals surface area contributed by atoms with Gasteiger partial charge in [-0.3, -0.25) is 9.59 Å². The predicted octanol–water partition coefficient (Wildman–Crippen LogP) is 6.47. The summed E-state index contributed by atoms with van der Waals surface area (Å²) < 4.78 is 0. The first kappa shape index (κ1) is 25.0. The minimum atomic E-state index is -0.739. The Balaban J connectivity index is 0.00000171. The zero-order valence-electron chi connectivity index (χ0n) is 17.2. The van der Waals surface area contributed by atoms with Gasteiger partial charge in [0, 0.05) is 36.5 Å². The topological polar surface area (TPSA) is 73.4 Å². The number of aromatic nitrogens is 1. The van der Waals surface area contributed by atoms with Crippen molar-refractivity contribution in [1.29, 1.82) is 0 Å². The van der Waals surface area contributed by atoms with Crippen LogP contribution in [-0.2, 0) is 9.59 Å². The second kappa shape index (κ2) is 10.8. The van der Waals surface area contributed by atoms with E-state index in [1.54, 1.807) is 0 Å². The number of aromatic amines is 1. The monoisotopic (exact) mass is 427 g/mol. The van der Waals surface area contributed by atoms with Gasteiger partial charge in [0.05, 0.1) is 6.54 Å². The standard InChI is InChI=1S/C24H31N2O3.2CH4/c1-16(20-15-25-21-7-4-6-19(24(20)21)18-8-9-18)13-22(27)26-11-3-2-5-17(10-12-26)14-23(28)29;;/h4,6-7,11,15-18,25H,2-3,5,8-10,12-14H2,1H3,(H,28,29);2*1H4. The molecule has 1 saturated carbocycles. The van der Waals surface area contributed by atoms with Crippen molar-refractivity contribution >= 4 is 22.8 Å². The van der Waals surface area contributed by atoms with Gasteiger partial charge in [-0.1, -0.05) is 40.3 Å². The number of hydrogen-bond donors (Lipinski definition) is 2. The van der Waals surface area contributed by atoms with Gasteiger partial charge in [0.15, 0.2) is 0 Å². The number of aliphatic carboxylic acids is 1. The lowest BCUT2D eigenvalue weighted by molar-refractivity contribution is -0.138. The molecular formula is C26H39N2O3. The van der Waals surface area contributed by atoms with Crippen LogP contribution in [0.1, 0.15) is 96.1 Å². The molecule has 1 amide bonds. The molecule has 1 aliphatic carbocycles. The number of hydrogen-bond acceptors (Lipinski definition) is 2. The van der Waals surface area contributed by atoms with Crippen molar-refractivity contribution in [1.82, 2.24) is 9.88 Å². The smallest absolute Gasteiger partial charge is 0.303 e. The molecule has 0 bridgehead atoms. The molecule has 1 aromatic heterocycles. The fourth-order valence-corrected chi connectivity index (χ4v) is 4.74. The Kier molecular flexibility index (Phi) is 8.72. The van der Waals surface area contributed by atoms with Crippen molar-refractivity contribution in [2.24, 2.45) is 5.92 Å². The minimum Gasteiger partial charge on any atom is -0.481 e. The number of carbonyl (C=O) groups is 2. The molecule has 5 heteroatoms. The first-order valence-corrected chi connectivity index (χ1v) is 11.0. The van der Waals surface area contributed by atoms with Gasteiger partial charge in [0.25, 0.3) is 0 Å². The van der Waals surface area contributed by atoms with Crippen LogP contribution in [0.3, 0.4) is 0 Å². The van der Waals surface area contributed by atoms with Crippen LogP contribution >= 0.6 is 0 Å². The predicted molar refractivity (Wildman–Crippen MR) is 127 cm³/mol. The van der Waals surface area contributed by atoms with Crippen molar-refractivity contribution in [3.8, 4) is 0 Å². The number of amides is 1. The van der Waals surface area contributed by atoms with E-state index in [2.05, 4.69) is 36.3 Å². The summed E-state index contributed by atoms with van der Waals surface area (Å²) in [5.74, 6) is 0.391. The zero-order valence-corrected chi connectivity index (χ0v) is 17.2. The van der Waals surface area contributed by atoms with E-state index in [1.807, 2.05) is 11.4 Å². The summed E-state index contributed by atoms with van der Waals surface area (Å²) in [5, 5.41) is 10.4. The number of nitrogens with one attached hydrogen (secondary N) is 1. The average molecular weight is 428 g/mol.